The Morgan fingerprint density at radius 3 is 2.59 bits per heavy atom. The van der Waals surface area contributed by atoms with Gasteiger partial charge in [0.15, 0.2) is 0 Å². The Bertz CT molecular complexity index is 764. The summed E-state index contributed by atoms with van der Waals surface area (Å²) >= 11 is 0. The molecule has 2 aromatic carbocycles. The van der Waals surface area contributed by atoms with Gasteiger partial charge >= 0.3 is 0 Å². The number of halogens is 2. The molecular formula is C23H30ClFN2O2. The van der Waals surface area contributed by atoms with Crippen LogP contribution in [0.15, 0.2) is 48.5 Å². The van der Waals surface area contributed by atoms with Crippen molar-refractivity contribution < 1.29 is 13.9 Å². The summed E-state index contributed by atoms with van der Waals surface area (Å²) in [5.41, 5.74) is 1.82. The zero-order valence-corrected chi connectivity index (χ0v) is 17.6. The third-order valence-electron chi connectivity index (χ3n) is 5.40. The number of rotatable bonds is 8. The van der Waals surface area contributed by atoms with Crippen molar-refractivity contribution in [2.24, 2.45) is 11.8 Å². The molecule has 3 rings (SSSR count). The standard InChI is InChI=1S/C23H29FN2O2.ClH/c1-17(20-9-11-25-12-10-20)13-23(27)26-15-18-5-7-22(8-6-18)28-16-19-3-2-4-21(24)14-19;/h2-8,14,17,20,25H,9-13,15-16H2,1H3,(H,26,27);1H. The van der Waals surface area contributed by atoms with Crippen LogP contribution in [0.25, 0.3) is 0 Å². The quantitative estimate of drug-likeness (QED) is 0.662. The van der Waals surface area contributed by atoms with E-state index < -0.39 is 0 Å². The maximum absolute atomic E-state index is 13.2. The minimum absolute atomic E-state index is 0. The topological polar surface area (TPSA) is 50.4 Å². The molecule has 4 nitrogen and oxygen atoms in total. The van der Waals surface area contributed by atoms with Crippen LogP contribution in [0.1, 0.15) is 37.3 Å². The lowest BCUT2D eigenvalue weighted by molar-refractivity contribution is -0.122. The molecule has 1 saturated heterocycles. The summed E-state index contributed by atoms with van der Waals surface area (Å²) in [5, 5.41) is 6.38. The van der Waals surface area contributed by atoms with Crippen molar-refractivity contribution in [2.75, 3.05) is 13.1 Å². The molecule has 1 aliphatic rings. The zero-order chi connectivity index (χ0) is 19.8. The number of nitrogens with one attached hydrogen (secondary N) is 2. The second kappa shape index (κ2) is 11.8. The molecule has 1 atom stereocenters. The minimum Gasteiger partial charge on any atom is -0.489 e. The van der Waals surface area contributed by atoms with Crippen molar-refractivity contribution in [1.29, 1.82) is 0 Å². The smallest absolute Gasteiger partial charge is 0.220 e. The molecule has 0 spiro atoms. The fourth-order valence-electron chi connectivity index (χ4n) is 3.64. The molecule has 2 N–H and O–H groups in total. The molecule has 29 heavy (non-hydrogen) atoms. The summed E-state index contributed by atoms with van der Waals surface area (Å²) in [5.74, 6) is 1.63. The largest absolute Gasteiger partial charge is 0.489 e. The Morgan fingerprint density at radius 1 is 1.17 bits per heavy atom. The maximum Gasteiger partial charge on any atom is 0.220 e. The Labute approximate surface area is 178 Å². The minimum atomic E-state index is -0.262. The van der Waals surface area contributed by atoms with Crippen molar-refractivity contribution in [1.82, 2.24) is 10.6 Å². The van der Waals surface area contributed by atoms with Gasteiger partial charge in [-0.1, -0.05) is 31.2 Å². The average Bonchev–Trinajstić information content (AvgIpc) is 2.72. The molecule has 1 aliphatic heterocycles. The van der Waals surface area contributed by atoms with Gasteiger partial charge in [0.1, 0.15) is 18.2 Å². The van der Waals surface area contributed by atoms with Crippen LogP contribution in [0.2, 0.25) is 0 Å². The van der Waals surface area contributed by atoms with E-state index in [1.807, 2.05) is 30.3 Å². The summed E-state index contributed by atoms with van der Waals surface area (Å²) in [7, 11) is 0. The first kappa shape index (κ1) is 23.2. The van der Waals surface area contributed by atoms with E-state index >= 15 is 0 Å². The van der Waals surface area contributed by atoms with Crippen LogP contribution in [0, 0.1) is 17.7 Å². The number of amides is 1. The van der Waals surface area contributed by atoms with E-state index in [-0.39, 0.29) is 24.1 Å². The molecule has 1 fully saturated rings. The van der Waals surface area contributed by atoms with Crippen molar-refractivity contribution in [3.63, 3.8) is 0 Å². The third-order valence-corrected chi connectivity index (χ3v) is 5.40. The highest BCUT2D eigenvalue weighted by Gasteiger charge is 2.21. The third kappa shape index (κ3) is 7.67. The molecule has 1 amide bonds. The van der Waals surface area contributed by atoms with Gasteiger partial charge in [0.2, 0.25) is 5.91 Å². The summed E-state index contributed by atoms with van der Waals surface area (Å²) in [6, 6.07) is 14.0. The van der Waals surface area contributed by atoms with Crippen LogP contribution < -0.4 is 15.4 Å². The summed E-state index contributed by atoms with van der Waals surface area (Å²) in [6.07, 6.45) is 2.90. The first-order chi connectivity index (χ1) is 13.6. The molecule has 0 aliphatic carbocycles. The predicted octanol–water partition coefficient (Wildman–Crippen LogP) is 4.47. The van der Waals surface area contributed by atoms with E-state index in [9.17, 15) is 9.18 Å². The van der Waals surface area contributed by atoms with E-state index in [1.165, 1.54) is 12.1 Å². The molecule has 0 bridgehead atoms. The highest BCUT2D eigenvalue weighted by Crippen LogP contribution is 2.24. The molecule has 158 valence electrons. The Hall–Kier alpha value is -2.11. The Kier molecular flexibility index (Phi) is 9.42. The lowest BCUT2D eigenvalue weighted by atomic mass is 9.84. The maximum atomic E-state index is 13.2. The van der Waals surface area contributed by atoms with Gasteiger partial charge in [0.25, 0.3) is 0 Å². The first-order valence-electron chi connectivity index (χ1n) is 10.0. The number of ether oxygens (including phenoxy) is 1. The fourth-order valence-corrected chi connectivity index (χ4v) is 3.64. The number of piperidine rings is 1. The van der Waals surface area contributed by atoms with Crippen LogP contribution in [-0.4, -0.2) is 19.0 Å². The molecular weight excluding hydrogens is 391 g/mol. The van der Waals surface area contributed by atoms with Crippen LogP contribution >= 0.6 is 12.4 Å². The molecule has 0 saturated carbocycles. The SMILES string of the molecule is CC(CC(=O)NCc1ccc(OCc2cccc(F)c2)cc1)C1CCNCC1.Cl. The van der Waals surface area contributed by atoms with Gasteiger partial charge < -0.3 is 15.4 Å². The van der Waals surface area contributed by atoms with Gasteiger partial charge in [-0.2, -0.15) is 0 Å². The Balaban J connectivity index is 0.00000300. The lowest BCUT2D eigenvalue weighted by Gasteiger charge is -2.27. The van der Waals surface area contributed by atoms with Gasteiger partial charge in [-0.15, -0.1) is 12.4 Å². The van der Waals surface area contributed by atoms with Gasteiger partial charge in [0, 0.05) is 13.0 Å². The number of carbonyl (C=O) groups is 1. The van der Waals surface area contributed by atoms with Gasteiger partial charge in [-0.05, 0) is 73.2 Å². The van der Waals surface area contributed by atoms with E-state index in [1.54, 1.807) is 6.07 Å². The number of carbonyl (C=O) groups excluding carboxylic acids is 1. The lowest BCUT2D eigenvalue weighted by Crippen LogP contribution is -2.33. The van der Waals surface area contributed by atoms with E-state index in [0.717, 1.165) is 42.8 Å². The fraction of sp³-hybridized carbons (Fsp3) is 0.435. The van der Waals surface area contributed by atoms with Crippen molar-refractivity contribution in [3.05, 3.63) is 65.5 Å². The average molecular weight is 421 g/mol. The second-order valence-corrected chi connectivity index (χ2v) is 7.61. The van der Waals surface area contributed by atoms with Gasteiger partial charge in [-0.25, -0.2) is 4.39 Å². The molecule has 6 heteroatoms. The summed E-state index contributed by atoms with van der Waals surface area (Å²) < 4.78 is 18.9. The Morgan fingerprint density at radius 2 is 1.90 bits per heavy atom. The number of benzene rings is 2. The van der Waals surface area contributed by atoms with Crippen molar-refractivity contribution >= 4 is 18.3 Å². The predicted molar refractivity (Wildman–Crippen MR) is 116 cm³/mol. The molecule has 0 aromatic heterocycles. The van der Waals surface area contributed by atoms with Crippen molar-refractivity contribution in [3.8, 4) is 5.75 Å². The second-order valence-electron chi connectivity index (χ2n) is 7.61. The van der Waals surface area contributed by atoms with Crippen LogP contribution in [0.4, 0.5) is 4.39 Å². The molecule has 0 radical (unpaired) electrons. The summed E-state index contributed by atoms with van der Waals surface area (Å²) in [6.45, 7) is 5.14. The molecule has 2 aromatic rings. The monoisotopic (exact) mass is 420 g/mol. The van der Waals surface area contributed by atoms with Crippen LogP contribution in [0.5, 0.6) is 5.75 Å². The van der Waals surface area contributed by atoms with Crippen molar-refractivity contribution in [2.45, 2.75) is 39.3 Å². The normalized spacial score (nSPS) is 15.2. The molecule has 1 unspecified atom stereocenters. The van der Waals surface area contributed by atoms with E-state index in [4.69, 9.17) is 4.74 Å². The van der Waals surface area contributed by atoms with Crippen LogP contribution in [-0.2, 0) is 17.9 Å². The van der Waals surface area contributed by atoms with E-state index in [2.05, 4.69) is 17.6 Å². The highest BCUT2D eigenvalue weighted by molar-refractivity contribution is 5.85. The highest BCUT2D eigenvalue weighted by atomic mass is 35.5. The van der Waals surface area contributed by atoms with Gasteiger partial charge in [-0.3, -0.25) is 4.79 Å². The van der Waals surface area contributed by atoms with E-state index in [0.29, 0.717) is 31.4 Å². The number of hydrogen-bond donors (Lipinski definition) is 2. The van der Waals surface area contributed by atoms with Crippen LogP contribution in [0.3, 0.4) is 0 Å². The zero-order valence-electron chi connectivity index (χ0n) is 16.8. The molecule has 1 heterocycles. The van der Waals surface area contributed by atoms with Gasteiger partial charge in [0.05, 0.1) is 0 Å². The summed E-state index contributed by atoms with van der Waals surface area (Å²) in [4.78, 5) is 12.2. The number of hydrogen-bond acceptors (Lipinski definition) is 3. The first-order valence-corrected chi connectivity index (χ1v) is 10.0.